The highest BCUT2D eigenvalue weighted by Gasteiger charge is 2.20. The maximum Gasteiger partial charge on any atom is 0.258 e. The molecule has 0 spiro atoms. The smallest absolute Gasteiger partial charge is 0.258 e. The molecule has 0 aromatic heterocycles. The van der Waals surface area contributed by atoms with Gasteiger partial charge in [-0.2, -0.15) is 0 Å². The molecule has 0 atom stereocenters. The molecule has 30 heavy (non-hydrogen) atoms. The lowest BCUT2D eigenvalue weighted by atomic mass is 10.2. The Morgan fingerprint density at radius 2 is 1.73 bits per heavy atom. The quantitative estimate of drug-likeness (QED) is 0.479. The fourth-order valence-electron chi connectivity index (χ4n) is 2.52. The molecule has 0 heterocycles. The number of anilines is 1. The van der Waals surface area contributed by atoms with Gasteiger partial charge in [0, 0.05) is 16.0 Å². The van der Waals surface area contributed by atoms with Crippen molar-refractivity contribution in [2.24, 2.45) is 0 Å². The summed E-state index contributed by atoms with van der Waals surface area (Å²) in [4.78, 5) is 12.1. The van der Waals surface area contributed by atoms with Gasteiger partial charge in [0.2, 0.25) is 10.0 Å². The van der Waals surface area contributed by atoms with Gasteiger partial charge in [-0.3, -0.25) is 4.79 Å². The van der Waals surface area contributed by atoms with E-state index in [-0.39, 0.29) is 17.1 Å². The second-order valence-electron chi connectivity index (χ2n) is 6.14. The molecule has 0 aliphatic heterocycles. The van der Waals surface area contributed by atoms with E-state index in [1.165, 1.54) is 12.1 Å². The van der Waals surface area contributed by atoms with E-state index >= 15 is 0 Å². The summed E-state index contributed by atoms with van der Waals surface area (Å²) in [5.74, 6) is -2.67. The molecule has 3 aromatic rings. The van der Waals surface area contributed by atoms with Crippen molar-refractivity contribution in [3.05, 3.63) is 92.9 Å². The largest absolute Gasteiger partial charge is 0.319 e. The maximum atomic E-state index is 14.2. The van der Waals surface area contributed by atoms with Crippen LogP contribution in [-0.4, -0.2) is 14.3 Å². The Bertz CT molecular complexity index is 1220. The zero-order valence-electron chi connectivity index (χ0n) is 15.1. The van der Waals surface area contributed by atoms with Gasteiger partial charge in [-0.05, 0) is 48.0 Å². The van der Waals surface area contributed by atoms with Crippen molar-refractivity contribution >= 4 is 49.1 Å². The van der Waals surface area contributed by atoms with E-state index < -0.39 is 33.1 Å². The topological polar surface area (TPSA) is 75.3 Å². The van der Waals surface area contributed by atoms with Crippen LogP contribution in [0.3, 0.4) is 0 Å². The van der Waals surface area contributed by atoms with Crippen LogP contribution in [-0.2, 0) is 16.6 Å². The van der Waals surface area contributed by atoms with E-state index in [4.69, 9.17) is 11.6 Å². The predicted molar refractivity (Wildman–Crippen MR) is 114 cm³/mol. The van der Waals surface area contributed by atoms with Gasteiger partial charge in [-0.1, -0.05) is 45.7 Å². The third kappa shape index (κ3) is 5.23. The van der Waals surface area contributed by atoms with Gasteiger partial charge in [0.25, 0.3) is 5.91 Å². The fourth-order valence-corrected chi connectivity index (χ4v) is 4.09. The zero-order valence-corrected chi connectivity index (χ0v) is 18.3. The highest BCUT2D eigenvalue weighted by atomic mass is 79.9. The molecule has 1 amide bonds. The van der Waals surface area contributed by atoms with Gasteiger partial charge in [0.1, 0.15) is 11.6 Å². The van der Waals surface area contributed by atoms with Crippen LogP contribution in [0, 0.1) is 11.6 Å². The van der Waals surface area contributed by atoms with Crippen molar-refractivity contribution in [1.29, 1.82) is 0 Å². The molecule has 0 unspecified atom stereocenters. The van der Waals surface area contributed by atoms with Crippen LogP contribution in [0.2, 0.25) is 5.02 Å². The molecular weight excluding hydrogens is 502 g/mol. The molecule has 3 aromatic carbocycles. The molecule has 156 valence electrons. The first kappa shape index (κ1) is 22.4. The van der Waals surface area contributed by atoms with Crippen LogP contribution >= 0.6 is 27.5 Å². The minimum absolute atomic E-state index is 0.0922. The lowest BCUT2D eigenvalue weighted by molar-refractivity contribution is 0.102. The summed E-state index contributed by atoms with van der Waals surface area (Å²) >= 11 is 9.11. The number of carbonyl (C=O) groups excluding carboxylic acids is 1. The Kier molecular flexibility index (Phi) is 6.87. The second-order valence-corrected chi connectivity index (χ2v) is 9.23. The van der Waals surface area contributed by atoms with E-state index in [1.807, 2.05) is 0 Å². The number of sulfonamides is 1. The molecule has 0 fully saturated rings. The number of rotatable bonds is 6. The number of halogens is 4. The van der Waals surface area contributed by atoms with Gasteiger partial charge in [0.05, 0.1) is 16.1 Å². The van der Waals surface area contributed by atoms with Gasteiger partial charge >= 0.3 is 0 Å². The monoisotopic (exact) mass is 514 g/mol. The summed E-state index contributed by atoms with van der Waals surface area (Å²) in [6.45, 7) is -0.0922. The number of hydrogen-bond donors (Lipinski definition) is 2. The highest BCUT2D eigenvalue weighted by molar-refractivity contribution is 9.10. The van der Waals surface area contributed by atoms with Crippen molar-refractivity contribution < 1.29 is 22.0 Å². The van der Waals surface area contributed by atoms with Crippen LogP contribution in [0.5, 0.6) is 0 Å². The molecule has 0 bridgehead atoms. The average molecular weight is 516 g/mol. The first-order chi connectivity index (χ1) is 14.2. The number of carbonyl (C=O) groups is 1. The van der Waals surface area contributed by atoms with Crippen LogP contribution in [0.25, 0.3) is 0 Å². The van der Waals surface area contributed by atoms with E-state index in [0.717, 1.165) is 24.3 Å². The molecule has 0 saturated carbocycles. The standard InChI is InChI=1S/C20H14BrClF2N2O3S/c21-13-5-8-19(18(24)9-13)26-20(27)15-10-14(6-7-17(15)23)30(28,29)25-11-12-3-1-2-4-16(12)22/h1-10,25H,11H2,(H,26,27). The van der Waals surface area contributed by atoms with E-state index in [9.17, 15) is 22.0 Å². The summed E-state index contributed by atoms with van der Waals surface area (Å²) in [5, 5.41) is 2.62. The lowest BCUT2D eigenvalue weighted by Crippen LogP contribution is -2.24. The van der Waals surface area contributed by atoms with Crippen LogP contribution in [0.4, 0.5) is 14.5 Å². The van der Waals surface area contributed by atoms with Gasteiger partial charge in [0.15, 0.2) is 0 Å². The van der Waals surface area contributed by atoms with Gasteiger partial charge in [-0.15, -0.1) is 0 Å². The molecule has 0 saturated heterocycles. The number of amides is 1. The van der Waals surface area contributed by atoms with Crippen LogP contribution in [0.15, 0.2) is 70.0 Å². The zero-order chi connectivity index (χ0) is 21.9. The predicted octanol–water partition coefficient (Wildman–Crippen LogP) is 5.11. The third-order valence-electron chi connectivity index (χ3n) is 4.08. The van der Waals surface area contributed by atoms with Crippen LogP contribution in [0.1, 0.15) is 15.9 Å². The fraction of sp³-hybridized carbons (Fsp3) is 0.0500. The average Bonchev–Trinajstić information content (AvgIpc) is 2.69. The Hall–Kier alpha value is -2.33. The summed E-state index contributed by atoms with van der Waals surface area (Å²) in [5.41, 5.74) is -0.167. The van der Waals surface area contributed by atoms with Gasteiger partial charge < -0.3 is 5.32 Å². The number of benzene rings is 3. The minimum atomic E-state index is -4.07. The van der Waals surface area contributed by atoms with Crippen molar-refractivity contribution in [3.8, 4) is 0 Å². The molecule has 0 aliphatic carbocycles. The Morgan fingerprint density at radius 3 is 2.43 bits per heavy atom. The van der Waals surface area contributed by atoms with E-state index in [0.29, 0.717) is 15.1 Å². The molecular formula is C20H14BrClF2N2O3S. The molecule has 0 radical (unpaired) electrons. The SMILES string of the molecule is O=C(Nc1ccc(Br)cc1F)c1cc(S(=O)(=O)NCc2ccccc2Cl)ccc1F. The number of hydrogen-bond acceptors (Lipinski definition) is 3. The Morgan fingerprint density at radius 1 is 1.00 bits per heavy atom. The normalized spacial score (nSPS) is 11.3. The summed E-state index contributed by atoms with van der Waals surface area (Å²) in [6, 6.07) is 13.4. The van der Waals surface area contributed by atoms with Crippen molar-refractivity contribution in [1.82, 2.24) is 4.72 Å². The number of nitrogens with one attached hydrogen (secondary N) is 2. The van der Waals surface area contributed by atoms with Crippen molar-refractivity contribution in [3.63, 3.8) is 0 Å². The molecule has 3 rings (SSSR count). The van der Waals surface area contributed by atoms with Crippen LogP contribution < -0.4 is 10.0 Å². The van der Waals surface area contributed by atoms with Gasteiger partial charge in [-0.25, -0.2) is 21.9 Å². The molecule has 10 heteroatoms. The first-order valence-electron chi connectivity index (χ1n) is 8.46. The van der Waals surface area contributed by atoms with Crippen molar-refractivity contribution in [2.45, 2.75) is 11.4 Å². The van der Waals surface area contributed by atoms with E-state index in [1.54, 1.807) is 24.3 Å². The minimum Gasteiger partial charge on any atom is -0.319 e. The van der Waals surface area contributed by atoms with E-state index in [2.05, 4.69) is 26.0 Å². The lowest BCUT2D eigenvalue weighted by Gasteiger charge is -2.11. The summed E-state index contributed by atoms with van der Waals surface area (Å²) in [6.07, 6.45) is 0. The summed E-state index contributed by atoms with van der Waals surface area (Å²) < 4.78 is 56.1. The molecule has 5 nitrogen and oxygen atoms in total. The highest BCUT2D eigenvalue weighted by Crippen LogP contribution is 2.22. The summed E-state index contributed by atoms with van der Waals surface area (Å²) in [7, 11) is -4.07. The third-order valence-corrected chi connectivity index (χ3v) is 6.34. The molecule has 2 N–H and O–H groups in total. The first-order valence-corrected chi connectivity index (χ1v) is 11.1. The maximum absolute atomic E-state index is 14.2. The van der Waals surface area contributed by atoms with Crippen molar-refractivity contribution in [2.75, 3.05) is 5.32 Å². The Labute approximate surface area is 185 Å². The molecule has 0 aliphatic rings. The second kappa shape index (κ2) is 9.22. The Balaban J connectivity index is 1.83.